The number of hydrazone groups is 1. The van der Waals surface area contributed by atoms with Gasteiger partial charge in [-0.05, 0) is 68.9 Å². The van der Waals surface area contributed by atoms with Crippen molar-refractivity contribution >= 4 is 29.5 Å². The first-order chi connectivity index (χ1) is 17.9. The zero-order valence-electron chi connectivity index (χ0n) is 20.9. The average Bonchev–Trinajstić information content (AvgIpc) is 3.83. The van der Waals surface area contributed by atoms with Gasteiger partial charge in [0.1, 0.15) is 17.6 Å². The fourth-order valence-electron chi connectivity index (χ4n) is 4.52. The highest BCUT2D eigenvalue weighted by Crippen LogP contribution is 2.35. The van der Waals surface area contributed by atoms with Crippen molar-refractivity contribution in [3.63, 3.8) is 0 Å². The van der Waals surface area contributed by atoms with Crippen LogP contribution in [0.1, 0.15) is 38.2 Å². The van der Waals surface area contributed by atoms with Crippen LogP contribution in [0.5, 0.6) is 0 Å². The van der Waals surface area contributed by atoms with Crippen LogP contribution in [0.15, 0.2) is 54.2 Å². The van der Waals surface area contributed by atoms with E-state index in [-0.39, 0.29) is 17.7 Å². The van der Waals surface area contributed by atoms with Crippen molar-refractivity contribution in [2.24, 2.45) is 16.4 Å². The number of carbonyl (C=O) groups excluding carboxylic acids is 2. The molecule has 2 saturated carbocycles. The summed E-state index contributed by atoms with van der Waals surface area (Å²) in [5.41, 5.74) is 4.48. The summed E-state index contributed by atoms with van der Waals surface area (Å²) in [5, 5.41) is 12.5. The van der Waals surface area contributed by atoms with Gasteiger partial charge in [-0.25, -0.2) is 9.97 Å². The smallest absolute Gasteiger partial charge is 0.237 e. The first-order valence-electron chi connectivity index (χ1n) is 12.7. The number of rotatable bonds is 7. The molecular formula is C28H29N7O2. The molecule has 0 radical (unpaired) electrons. The van der Waals surface area contributed by atoms with Crippen LogP contribution < -0.4 is 10.6 Å². The standard InChI is InChI=1S/C28H29N7O2/c1-17-3-6-21(33-27(37)28(2)14-32-35(15-28)22-7-8-22)10-23(17)19-9-20(13-29-12-19)24-11-25(31-16-30-24)34-26(36)18-4-5-18/h3,6,9-14,16,18,22H,4-5,7-8,15H2,1-2H3,(H,33,37)(H,30,31,34,36). The Morgan fingerprint density at radius 2 is 1.81 bits per heavy atom. The first kappa shape index (κ1) is 23.3. The topological polar surface area (TPSA) is 112 Å². The lowest BCUT2D eigenvalue weighted by Gasteiger charge is -2.23. The Kier molecular flexibility index (Phi) is 5.70. The third-order valence-corrected chi connectivity index (χ3v) is 7.18. The quantitative estimate of drug-likeness (QED) is 0.506. The van der Waals surface area contributed by atoms with Gasteiger partial charge in [0.15, 0.2) is 0 Å². The van der Waals surface area contributed by atoms with E-state index < -0.39 is 5.41 Å². The summed E-state index contributed by atoms with van der Waals surface area (Å²) < 4.78 is 0. The first-order valence-corrected chi connectivity index (χ1v) is 12.7. The van der Waals surface area contributed by atoms with Crippen molar-refractivity contribution in [2.75, 3.05) is 17.2 Å². The molecule has 9 nitrogen and oxygen atoms in total. The van der Waals surface area contributed by atoms with Crippen molar-refractivity contribution < 1.29 is 9.59 Å². The Bertz CT molecular complexity index is 1410. The number of aromatic nitrogens is 3. The van der Waals surface area contributed by atoms with E-state index in [1.807, 2.05) is 43.1 Å². The minimum absolute atomic E-state index is 0.00370. The van der Waals surface area contributed by atoms with Crippen molar-refractivity contribution in [3.8, 4) is 22.4 Å². The van der Waals surface area contributed by atoms with Crippen LogP contribution in [0.4, 0.5) is 11.5 Å². The van der Waals surface area contributed by atoms with Gasteiger partial charge >= 0.3 is 0 Å². The van der Waals surface area contributed by atoms with E-state index in [1.54, 1.807) is 24.7 Å². The zero-order chi connectivity index (χ0) is 25.6. The number of nitrogens with zero attached hydrogens (tertiary/aromatic N) is 5. The molecule has 9 heteroatoms. The molecule has 3 aliphatic rings. The Morgan fingerprint density at radius 3 is 2.59 bits per heavy atom. The summed E-state index contributed by atoms with van der Waals surface area (Å²) >= 11 is 0. The van der Waals surface area contributed by atoms with E-state index in [2.05, 4.69) is 30.7 Å². The molecule has 6 rings (SSSR count). The second-order valence-electron chi connectivity index (χ2n) is 10.5. The summed E-state index contributed by atoms with van der Waals surface area (Å²) in [6.45, 7) is 4.57. The third-order valence-electron chi connectivity index (χ3n) is 7.18. The highest BCUT2D eigenvalue weighted by atomic mass is 16.2. The van der Waals surface area contributed by atoms with E-state index in [9.17, 15) is 9.59 Å². The number of anilines is 2. The minimum atomic E-state index is -0.658. The van der Waals surface area contributed by atoms with Gasteiger partial charge < -0.3 is 10.6 Å². The van der Waals surface area contributed by atoms with Crippen molar-refractivity contribution in [1.29, 1.82) is 0 Å². The SMILES string of the molecule is Cc1ccc(NC(=O)C2(C)C=NN(C3CC3)C2)cc1-c1cncc(-c2cc(NC(=O)C3CC3)ncn2)c1. The van der Waals surface area contributed by atoms with E-state index in [1.165, 1.54) is 6.33 Å². The van der Waals surface area contributed by atoms with Gasteiger partial charge in [0.25, 0.3) is 0 Å². The molecule has 0 spiro atoms. The molecule has 3 aromatic rings. The zero-order valence-corrected chi connectivity index (χ0v) is 20.9. The number of benzene rings is 1. The Morgan fingerprint density at radius 1 is 1.00 bits per heavy atom. The Hall–Kier alpha value is -4.14. The fourth-order valence-corrected chi connectivity index (χ4v) is 4.52. The summed E-state index contributed by atoms with van der Waals surface area (Å²) in [6, 6.07) is 10.1. The van der Waals surface area contributed by atoms with Gasteiger partial charge in [0, 0.05) is 53.4 Å². The lowest BCUT2D eigenvalue weighted by atomic mass is 9.91. The molecule has 2 aliphatic carbocycles. The van der Waals surface area contributed by atoms with Gasteiger partial charge in [0.2, 0.25) is 11.8 Å². The molecule has 188 valence electrons. The number of carbonyl (C=O) groups is 2. The molecule has 2 N–H and O–H groups in total. The maximum atomic E-state index is 13.2. The summed E-state index contributed by atoms with van der Waals surface area (Å²) in [4.78, 5) is 38.3. The van der Waals surface area contributed by atoms with E-state index in [4.69, 9.17) is 0 Å². The van der Waals surface area contributed by atoms with Crippen LogP contribution in [0.2, 0.25) is 0 Å². The molecule has 2 fully saturated rings. The van der Waals surface area contributed by atoms with E-state index in [0.717, 1.165) is 53.6 Å². The molecule has 1 atom stereocenters. The predicted octanol–water partition coefficient (Wildman–Crippen LogP) is 4.27. The van der Waals surface area contributed by atoms with E-state index >= 15 is 0 Å². The molecule has 1 aromatic carbocycles. The molecular weight excluding hydrogens is 466 g/mol. The van der Waals surface area contributed by atoms with Gasteiger partial charge in [-0.15, -0.1) is 0 Å². The summed E-state index contributed by atoms with van der Waals surface area (Å²) in [7, 11) is 0. The summed E-state index contributed by atoms with van der Waals surface area (Å²) in [6.07, 6.45) is 10.9. The van der Waals surface area contributed by atoms with Crippen molar-refractivity contribution in [3.05, 3.63) is 54.6 Å². The van der Waals surface area contributed by atoms with Crippen LogP contribution in [-0.2, 0) is 9.59 Å². The molecule has 2 amide bonds. The molecule has 0 saturated heterocycles. The minimum Gasteiger partial charge on any atom is -0.325 e. The van der Waals surface area contributed by atoms with Crippen LogP contribution in [0.3, 0.4) is 0 Å². The van der Waals surface area contributed by atoms with Crippen LogP contribution >= 0.6 is 0 Å². The molecule has 37 heavy (non-hydrogen) atoms. The Balaban J connectivity index is 1.21. The highest BCUT2D eigenvalue weighted by molar-refractivity contribution is 6.06. The maximum absolute atomic E-state index is 13.2. The van der Waals surface area contributed by atoms with Gasteiger partial charge in [-0.3, -0.25) is 19.6 Å². The lowest BCUT2D eigenvalue weighted by molar-refractivity contribution is -0.121. The fraction of sp³-hybridized carbons (Fsp3) is 0.357. The van der Waals surface area contributed by atoms with Crippen LogP contribution in [0.25, 0.3) is 22.4 Å². The molecule has 1 unspecified atom stereocenters. The monoisotopic (exact) mass is 495 g/mol. The highest BCUT2D eigenvalue weighted by Gasteiger charge is 2.42. The number of pyridine rings is 1. The maximum Gasteiger partial charge on any atom is 0.237 e. The second-order valence-corrected chi connectivity index (χ2v) is 10.5. The van der Waals surface area contributed by atoms with E-state index in [0.29, 0.717) is 24.1 Å². The van der Waals surface area contributed by atoms with Gasteiger partial charge in [-0.1, -0.05) is 6.07 Å². The number of hydrogen-bond donors (Lipinski definition) is 2. The normalized spacial score (nSPS) is 20.6. The third kappa shape index (κ3) is 4.94. The van der Waals surface area contributed by atoms with Gasteiger partial charge in [-0.2, -0.15) is 5.10 Å². The largest absolute Gasteiger partial charge is 0.325 e. The molecule has 0 bridgehead atoms. The predicted molar refractivity (Wildman–Crippen MR) is 142 cm³/mol. The van der Waals surface area contributed by atoms with Crippen LogP contribution in [-0.4, -0.2) is 50.6 Å². The molecule has 2 aromatic heterocycles. The number of hydrogen-bond acceptors (Lipinski definition) is 7. The number of aryl methyl sites for hydroxylation is 1. The summed E-state index contributed by atoms with van der Waals surface area (Å²) in [5.74, 6) is 0.518. The number of amides is 2. The van der Waals surface area contributed by atoms with Gasteiger partial charge in [0.05, 0.1) is 12.2 Å². The molecule has 3 heterocycles. The number of nitrogens with one attached hydrogen (secondary N) is 2. The van der Waals surface area contributed by atoms with Crippen molar-refractivity contribution in [1.82, 2.24) is 20.0 Å². The van der Waals surface area contributed by atoms with Crippen molar-refractivity contribution in [2.45, 2.75) is 45.6 Å². The lowest BCUT2D eigenvalue weighted by Crippen LogP contribution is -2.39. The molecule has 1 aliphatic heterocycles. The Labute approximate surface area is 215 Å². The van der Waals surface area contributed by atoms with Crippen LogP contribution in [0, 0.1) is 18.3 Å². The second kappa shape index (κ2) is 9.06. The average molecular weight is 496 g/mol.